The van der Waals surface area contributed by atoms with E-state index in [0.717, 1.165) is 39.3 Å². The lowest BCUT2D eigenvalue weighted by molar-refractivity contribution is 0.0341. The summed E-state index contributed by atoms with van der Waals surface area (Å²) < 4.78 is 25.1. The molecule has 1 aliphatic heterocycles. The number of hydrogen-bond acceptors (Lipinski definition) is 4. The Morgan fingerprint density at radius 2 is 1.78 bits per heavy atom. The summed E-state index contributed by atoms with van der Waals surface area (Å²) in [6, 6.07) is 15.0. The number of guanidine groups is 1. The molecule has 0 amide bonds. The number of ether oxygens (including phenoxy) is 2. The highest BCUT2D eigenvalue weighted by Crippen LogP contribution is 2.18. The molecule has 1 unspecified atom stereocenters. The Kier molecular flexibility index (Phi) is 11.8. The van der Waals surface area contributed by atoms with Crippen LogP contribution in [-0.2, 0) is 17.8 Å². The Labute approximate surface area is 207 Å². The predicted molar refractivity (Wildman–Crippen MR) is 137 cm³/mol. The van der Waals surface area contributed by atoms with Gasteiger partial charge >= 0.3 is 0 Å². The minimum absolute atomic E-state index is 0. The van der Waals surface area contributed by atoms with Gasteiger partial charge in [0.25, 0.3) is 0 Å². The summed E-state index contributed by atoms with van der Waals surface area (Å²) in [5, 5.41) is 6.68. The molecule has 2 aromatic rings. The molecule has 8 heteroatoms. The second kappa shape index (κ2) is 14.3. The average molecular weight is 556 g/mol. The van der Waals surface area contributed by atoms with Crippen molar-refractivity contribution in [1.82, 2.24) is 15.5 Å². The first-order chi connectivity index (χ1) is 15.2. The molecule has 32 heavy (non-hydrogen) atoms. The predicted octanol–water partition coefficient (Wildman–Crippen LogP) is 3.80. The number of morpholine rings is 1. The number of nitrogens with one attached hydrogen (secondary N) is 2. The van der Waals surface area contributed by atoms with Crippen molar-refractivity contribution < 1.29 is 13.9 Å². The van der Waals surface area contributed by atoms with Gasteiger partial charge in [-0.3, -0.25) is 9.89 Å². The summed E-state index contributed by atoms with van der Waals surface area (Å²) in [6.45, 7) is 7.66. The van der Waals surface area contributed by atoms with Gasteiger partial charge in [-0.05, 0) is 29.7 Å². The van der Waals surface area contributed by atoms with Crippen LogP contribution in [0.2, 0.25) is 0 Å². The van der Waals surface area contributed by atoms with E-state index in [0.29, 0.717) is 19.0 Å². The van der Waals surface area contributed by atoms with Crippen LogP contribution in [0.1, 0.15) is 24.5 Å². The third-order valence-corrected chi connectivity index (χ3v) is 5.37. The van der Waals surface area contributed by atoms with E-state index < -0.39 is 0 Å². The van der Waals surface area contributed by atoms with Crippen molar-refractivity contribution in [2.45, 2.75) is 32.5 Å². The van der Waals surface area contributed by atoms with Crippen molar-refractivity contribution in [1.29, 1.82) is 0 Å². The minimum atomic E-state index is -0.347. The molecule has 1 atom stereocenters. The van der Waals surface area contributed by atoms with Gasteiger partial charge in [-0.1, -0.05) is 43.3 Å². The van der Waals surface area contributed by atoms with Gasteiger partial charge in [-0.25, -0.2) is 4.39 Å². The summed E-state index contributed by atoms with van der Waals surface area (Å²) in [7, 11) is 1.74. The van der Waals surface area contributed by atoms with E-state index in [2.05, 4.69) is 44.8 Å². The van der Waals surface area contributed by atoms with Crippen molar-refractivity contribution in [2.24, 2.45) is 4.99 Å². The van der Waals surface area contributed by atoms with Crippen molar-refractivity contribution in [3.63, 3.8) is 0 Å². The standard InChI is InChI=1S/C24H33FN4O2.HI/c1-3-21(31-23-11-7-6-10-22(23)25)17-28-24(26-2)27-16-19-8-4-5-9-20(19)18-29-12-14-30-15-13-29;/h4-11,21H,3,12-18H2,1-2H3,(H2,26,27,28);1H. The molecule has 1 heterocycles. The molecule has 1 saturated heterocycles. The van der Waals surface area contributed by atoms with Crippen LogP contribution in [0.5, 0.6) is 5.75 Å². The van der Waals surface area contributed by atoms with Crippen LogP contribution in [0, 0.1) is 5.82 Å². The Bertz CT molecular complexity index is 846. The lowest BCUT2D eigenvalue weighted by Gasteiger charge is -2.27. The van der Waals surface area contributed by atoms with Crippen LogP contribution in [0.25, 0.3) is 0 Å². The van der Waals surface area contributed by atoms with Crippen molar-refractivity contribution in [3.05, 3.63) is 65.5 Å². The van der Waals surface area contributed by atoms with Gasteiger partial charge in [-0.15, -0.1) is 24.0 Å². The molecular weight excluding hydrogens is 522 g/mol. The summed E-state index contributed by atoms with van der Waals surface area (Å²) >= 11 is 0. The Morgan fingerprint density at radius 1 is 1.09 bits per heavy atom. The van der Waals surface area contributed by atoms with Crippen LogP contribution >= 0.6 is 24.0 Å². The summed E-state index contributed by atoms with van der Waals surface area (Å²) in [4.78, 5) is 6.74. The van der Waals surface area contributed by atoms with Crippen LogP contribution in [0.3, 0.4) is 0 Å². The van der Waals surface area contributed by atoms with Crippen molar-refractivity contribution >= 4 is 29.9 Å². The molecule has 0 bridgehead atoms. The number of rotatable bonds is 9. The fourth-order valence-corrected chi connectivity index (χ4v) is 3.48. The zero-order chi connectivity index (χ0) is 21.9. The Hall–Kier alpha value is -1.91. The normalized spacial score (nSPS) is 15.5. The molecule has 176 valence electrons. The first-order valence-corrected chi connectivity index (χ1v) is 10.9. The van der Waals surface area contributed by atoms with E-state index in [1.54, 1.807) is 25.2 Å². The highest BCUT2D eigenvalue weighted by molar-refractivity contribution is 14.0. The number of para-hydroxylation sites is 1. The average Bonchev–Trinajstić information content (AvgIpc) is 2.81. The first-order valence-electron chi connectivity index (χ1n) is 10.9. The van der Waals surface area contributed by atoms with Gasteiger partial charge in [0.1, 0.15) is 6.10 Å². The fraction of sp³-hybridized carbons (Fsp3) is 0.458. The molecule has 1 aliphatic rings. The molecule has 0 saturated carbocycles. The zero-order valence-corrected chi connectivity index (χ0v) is 21.2. The third kappa shape index (κ3) is 8.22. The highest BCUT2D eigenvalue weighted by atomic mass is 127. The number of aliphatic imine (C=N–C) groups is 1. The molecule has 2 aromatic carbocycles. The topological polar surface area (TPSA) is 58.1 Å². The minimum Gasteiger partial charge on any atom is -0.486 e. The third-order valence-electron chi connectivity index (χ3n) is 5.37. The van der Waals surface area contributed by atoms with E-state index in [9.17, 15) is 4.39 Å². The van der Waals surface area contributed by atoms with Gasteiger partial charge in [0.15, 0.2) is 17.5 Å². The second-order valence-corrected chi connectivity index (χ2v) is 7.54. The lowest BCUT2D eigenvalue weighted by atomic mass is 10.1. The van der Waals surface area contributed by atoms with E-state index in [1.165, 1.54) is 17.2 Å². The van der Waals surface area contributed by atoms with Crippen LogP contribution in [-0.4, -0.2) is 56.9 Å². The molecule has 3 rings (SSSR count). The molecule has 0 aromatic heterocycles. The zero-order valence-electron chi connectivity index (χ0n) is 18.9. The quantitative estimate of drug-likeness (QED) is 0.280. The maximum absolute atomic E-state index is 13.9. The summed E-state index contributed by atoms with van der Waals surface area (Å²) in [5.41, 5.74) is 2.55. The van der Waals surface area contributed by atoms with E-state index in [1.807, 2.05) is 6.92 Å². The fourth-order valence-electron chi connectivity index (χ4n) is 3.48. The van der Waals surface area contributed by atoms with Crippen LogP contribution in [0.4, 0.5) is 4.39 Å². The summed E-state index contributed by atoms with van der Waals surface area (Å²) in [5.74, 6) is 0.619. The van der Waals surface area contributed by atoms with E-state index in [4.69, 9.17) is 9.47 Å². The molecule has 0 radical (unpaired) electrons. The second-order valence-electron chi connectivity index (χ2n) is 7.54. The Morgan fingerprint density at radius 3 is 2.47 bits per heavy atom. The lowest BCUT2D eigenvalue weighted by Crippen LogP contribution is -2.42. The molecule has 2 N–H and O–H groups in total. The van der Waals surface area contributed by atoms with Crippen molar-refractivity contribution in [2.75, 3.05) is 39.9 Å². The van der Waals surface area contributed by atoms with Gasteiger partial charge in [-0.2, -0.15) is 0 Å². The molecule has 0 spiro atoms. The maximum atomic E-state index is 13.9. The Balaban J connectivity index is 0.00000363. The van der Waals surface area contributed by atoms with E-state index >= 15 is 0 Å². The van der Waals surface area contributed by atoms with Gasteiger partial charge in [0.2, 0.25) is 0 Å². The number of benzene rings is 2. The molecule has 0 aliphatic carbocycles. The number of hydrogen-bond donors (Lipinski definition) is 2. The van der Waals surface area contributed by atoms with Gasteiger partial charge < -0.3 is 20.1 Å². The van der Waals surface area contributed by atoms with Gasteiger partial charge in [0.05, 0.1) is 19.8 Å². The van der Waals surface area contributed by atoms with Gasteiger partial charge in [0, 0.05) is 33.2 Å². The smallest absolute Gasteiger partial charge is 0.191 e. The molecule has 1 fully saturated rings. The van der Waals surface area contributed by atoms with Crippen molar-refractivity contribution in [3.8, 4) is 5.75 Å². The van der Waals surface area contributed by atoms with E-state index in [-0.39, 0.29) is 41.6 Å². The number of nitrogens with zero attached hydrogens (tertiary/aromatic N) is 2. The SMILES string of the molecule is CCC(CNC(=NC)NCc1ccccc1CN1CCOCC1)Oc1ccccc1F.I. The molecule has 6 nitrogen and oxygen atoms in total. The van der Waals surface area contributed by atoms with Crippen LogP contribution in [0.15, 0.2) is 53.5 Å². The van der Waals surface area contributed by atoms with Crippen LogP contribution < -0.4 is 15.4 Å². The monoisotopic (exact) mass is 556 g/mol. The highest BCUT2D eigenvalue weighted by Gasteiger charge is 2.14. The summed E-state index contributed by atoms with van der Waals surface area (Å²) in [6.07, 6.45) is 0.588. The largest absolute Gasteiger partial charge is 0.486 e. The maximum Gasteiger partial charge on any atom is 0.191 e. The molecular formula is C24H34FIN4O2. The first kappa shape index (κ1) is 26.3. The number of halogens is 2.